The molecule has 1 aliphatic rings. The molecule has 22 heavy (non-hydrogen) atoms. The molecule has 1 amide bonds. The normalized spacial score (nSPS) is 17.1. The highest BCUT2D eigenvalue weighted by atomic mass is 16.2. The third-order valence-electron chi connectivity index (χ3n) is 3.87. The van der Waals surface area contributed by atoms with Gasteiger partial charge in [-0.1, -0.05) is 30.3 Å². The van der Waals surface area contributed by atoms with Crippen LogP contribution in [-0.4, -0.2) is 45.2 Å². The van der Waals surface area contributed by atoms with Gasteiger partial charge in [-0.05, 0) is 38.1 Å². The minimum Gasteiger partial charge on any atom is -0.351 e. The zero-order valence-corrected chi connectivity index (χ0v) is 12.6. The minimum absolute atomic E-state index is 0.0658. The first-order valence-corrected chi connectivity index (χ1v) is 7.60. The van der Waals surface area contributed by atoms with Gasteiger partial charge in [0.1, 0.15) is 6.04 Å². The Labute approximate surface area is 129 Å². The number of tetrazole rings is 1. The minimum atomic E-state index is -0.472. The Hall–Kier alpha value is -2.28. The third kappa shape index (κ3) is 3.30. The number of benzene rings is 1. The molecule has 1 aromatic heterocycles. The molecule has 7 nitrogen and oxygen atoms in total. The van der Waals surface area contributed by atoms with Crippen molar-refractivity contribution >= 4 is 5.91 Å². The molecule has 7 heteroatoms. The number of nitrogens with zero attached hydrogens (tertiary/aromatic N) is 4. The van der Waals surface area contributed by atoms with Crippen LogP contribution in [0.5, 0.6) is 0 Å². The first-order valence-electron chi connectivity index (χ1n) is 7.60. The van der Waals surface area contributed by atoms with Crippen LogP contribution in [0.2, 0.25) is 0 Å². The van der Waals surface area contributed by atoms with Gasteiger partial charge in [0, 0.05) is 11.6 Å². The summed E-state index contributed by atoms with van der Waals surface area (Å²) in [5.74, 6) is 0.464. The summed E-state index contributed by atoms with van der Waals surface area (Å²) in [6.07, 6.45) is 1.91. The first-order chi connectivity index (χ1) is 10.7. The smallest absolute Gasteiger partial charge is 0.246 e. The van der Waals surface area contributed by atoms with Crippen molar-refractivity contribution in [1.29, 1.82) is 0 Å². The van der Waals surface area contributed by atoms with E-state index in [1.54, 1.807) is 6.92 Å². The van der Waals surface area contributed by atoms with E-state index in [9.17, 15) is 4.79 Å². The van der Waals surface area contributed by atoms with E-state index in [0.717, 1.165) is 31.5 Å². The molecule has 1 aliphatic heterocycles. The predicted octanol–water partition coefficient (Wildman–Crippen LogP) is 0.769. The second kappa shape index (κ2) is 6.65. The van der Waals surface area contributed by atoms with Gasteiger partial charge in [-0.15, -0.1) is 10.2 Å². The number of aromatic nitrogens is 4. The van der Waals surface area contributed by atoms with Gasteiger partial charge in [-0.25, -0.2) is 0 Å². The van der Waals surface area contributed by atoms with Crippen LogP contribution in [0.15, 0.2) is 30.3 Å². The summed E-state index contributed by atoms with van der Waals surface area (Å²) in [5.41, 5.74) is 0.889. The number of nitrogens with one attached hydrogen (secondary N) is 2. The summed E-state index contributed by atoms with van der Waals surface area (Å²) in [6.45, 7) is 3.67. The highest BCUT2D eigenvalue weighted by Gasteiger charge is 2.22. The Kier molecular flexibility index (Phi) is 4.43. The summed E-state index contributed by atoms with van der Waals surface area (Å²) in [7, 11) is 0. The molecule has 2 heterocycles. The number of piperidine rings is 1. The molecule has 3 rings (SSSR count). The predicted molar refractivity (Wildman–Crippen MR) is 82.0 cm³/mol. The van der Waals surface area contributed by atoms with Gasteiger partial charge in [-0.2, -0.15) is 4.80 Å². The molecule has 0 bridgehead atoms. The van der Waals surface area contributed by atoms with Gasteiger partial charge in [0.25, 0.3) is 0 Å². The number of carbonyl (C=O) groups is 1. The van der Waals surface area contributed by atoms with Crippen LogP contribution in [0.4, 0.5) is 0 Å². The second-order valence-corrected chi connectivity index (χ2v) is 5.51. The molecule has 0 spiro atoms. The van der Waals surface area contributed by atoms with E-state index < -0.39 is 6.04 Å². The maximum Gasteiger partial charge on any atom is 0.246 e. The van der Waals surface area contributed by atoms with Crippen molar-refractivity contribution in [2.75, 3.05) is 13.1 Å². The maximum absolute atomic E-state index is 12.3. The lowest BCUT2D eigenvalue weighted by Gasteiger charge is -2.24. The topological polar surface area (TPSA) is 84.7 Å². The monoisotopic (exact) mass is 300 g/mol. The molecular formula is C15H20N6O. The summed E-state index contributed by atoms with van der Waals surface area (Å²) < 4.78 is 0. The highest BCUT2D eigenvalue weighted by molar-refractivity contribution is 5.80. The van der Waals surface area contributed by atoms with Gasteiger partial charge in [0.15, 0.2) is 0 Å². The number of amides is 1. The van der Waals surface area contributed by atoms with Crippen LogP contribution in [-0.2, 0) is 4.79 Å². The lowest BCUT2D eigenvalue weighted by molar-refractivity contribution is -0.125. The summed E-state index contributed by atoms with van der Waals surface area (Å²) in [5, 5.41) is 18.7. The summed E-state index contributed by atoms with van der Waals surface area (Å²) >= 11 is 0. The molecule has 1 atom stereocenters. The van der Waals surface area contributed by atoms with E-state index in [2.05, 4.69) is 26.0 Å². The molecule has 2 N–H and O–H groups in total. The van der Waals surface area contributed by atoms with Crippen LogP contribution in [0, 0.1) is 0 Å². The number of rotatable bonds is 4. The Morgan fingerprint density at radius 1 is 1.32 bits per heavy atom. The molecular weight excluding hydrogens is 280 g/mol. The van der Waals surface area contributed by atoms with Crippen LogP contribution in [0.3, 0.4) is 0 Å². The Bertz CT molecular complexity index is 620. The number of hydrogen-bond acceptors (Lipinski definition) is 5. The Morgan fingerprint density at radius 2 is 2.05 bits per heavy atom. The molecule has 116 valence electrons. The average Bonchev–Trinajstić information content (AvgIpc) is 3.06. The van der Waals surface area contributed by atoms with Gasteiger partial charge >= 0.3 is 0 Å². The van der Waals surface area contributed by atoms with Crippen molar-refractivity contribution in [3.63, 3.8) is 0 Å². The SMILES string of the molecule is CC(C(=O)NC1CCNCC1)n1nnc(-c2ccccc2)n1. The lowest BCUT2D eigenvalue weighted by atomic mass is 10.1. The third-order valence-corrected chi connectivity index (χ3v) is 3.87. The quantitative estimate of drug-likeness (QED) is 0.871. The van der Waals surface area contributed by atoms with Crippen molar-refractivity contribution in [1.82, 2.24) is 30.8 Å². The van der Waals surface area contributed by atoms with E-state index in [-0.39, 0.29) is 11.9 Å². The van der Waals surface area contributed by atoms with E-state index in [1.807, 2.05) is 30.3 Å². The van der Waals surface area contributed by atoms with E-state index in [0.29, 0.717) is 5.82 Å². The molecule has 2 aromatic rings. The van der Waals surface area contributed by atoms with Crippen LogP contribution in [0.1, 0.15) is 25.8 Å². The lowest BCUT2D eigenvalue weighted by Crippen LogP contribution is -2.45. The first kappa shape index (κ1) is 14.6. The van der Waals surface area contributed by atoms with E-state index in [1.165, 1.54) is 4.80 Å². The zero-order chi connectivity index (χ0) is 15.4. The molecule has 0 aliphatic carbocycles. The van der Waals surface area contributed by atoms with Crippen molar-refractivity contribution in [3.8, 4) is 11.4 Å². The number of hydrogen-bond donors (Lipinski definition) is 2. The fraction of sp³-hybridized carbons (Fsp3) is 0.467. The van der Waals surface area contributed by atoms with Crippen LogP contribution < -0.4 is 10.6 Å². The molecule has 1 saturated heterocycles. The molecule has 0 radical (unpaired) electrons. The van der Waals surface area contributed by atoms with E-state index in [4.69, 9.17) is 0 Å². The van der Waals surface area contributed by atoms with Crippen LogP contribution >= 0.6 is 0 Å². The Balaban J connectivity index is 1.65. The van der Waals surface area contributed by atoms with E-state index >= 15 is 0 Å². The van der Waals surface area contributed by atoms with Crippen molar-refractivity contribution in [2.45, 2.75) is 31.8 Å². The fourth-order valence-corrected chi connectivity index (χ4v) is 2.48. The largest absolute Gasteiger partial charge is 0.351 e. The molecule has 1 unspecified atom stereocenters. The van der Waals surface area contributed by atoms with Gasteiger partial charge in [0.05, 0.1) is 0 Å². The second-order valence-electron chi connectivity index (χ2n) is 5.51. The molecule has 1 fully saturated rings. The van der Waals surface area contributed by atoms with Crippen molar-refractivity contribution in [2.24, 2.45) is 0 Å². The van der Waals surface area contributed by atoms with Gasteiger partial charge in [-0.3, -0.25) is 4.79 Å². The molecule has 1 aromatic carbocycles. The average molecular weight is 300 g/mol. The van der Waals surface area contributed by atoms with Gasteiger partial charge in [0.2, 0.25) is 11.7 Å². The summed E-state index contributed by atoms with van der Waals surface area (Å²) in [4.78, 5) is 13.7. The van der Waals surface area contributed by atoms with Gasteiger partial charge < -0.3 is 10.6 Å². The van der Waals surface area contributed by atoms with Crippen molar-refractivity contribution in [3.05, 3.63) is 30.3 Å². The highest BCUT2D eigenvalue weighted by Crippen LogP contribution is 2.14. The maximum atomic E-state index is 12.3. The van der Waals surface area contributed by atoms with Crippen molar-refractivity contribution < 1.29 is 4.79 Å². The molecule has 0 saturated carbocycles. The summed E-state index contributed by atoms with van der Waals surface area (Å²) in [6, 6.07) is 9.37. The zero-order valence-electron chi connectivity index (χ0n) is 12.6. The fourth-order valence-electron chi connectivity index (χ4n) is 2.48. The standard InChI is InChI=1S/C15H20N6O/c1-11(15(22)17-13-7-9-16-10-8-13)21-19-14(18-20-21)12-5-3-2-4-6-12/h2-6,11,13,16H,7-10H2,1H3,(H,17,22). The van der Waals surface area contributed by atoms with Crippen LogP contribution in [0.25, 0.3) is 11.4 Å². The Morgan fingerprint density at radius 3 is 2.77 bits per heavy atom. The number of carbonyl (C=O) groups excluding carboxylic acids is 1.